The van der Waals surface area contributed by atoms with Gasteiger partial charge >= 0.3 is 0 Å². The zero-order valence-corrected chi connectivity index (χ0v) is 10.5. The van der Waals surface area contributed by atoms with Crippen molar-refractivity contribution < 1.29 is 4.79 Å². The molecule has 1 fully saturated rings. The first-order valence-electron chi connectivity index (χ1n) is 5.99. The molecule has 1 aromatic rings. The second kappa shape index (κ2) is 6.03. The number of carbonyl (C=O) groups excluding carboxylic acids is 1. The summed E-state index contributed by atoms with van der Waals surface area (Å²) in [5.41, 5.74) is 1.08. The summed E-state index contributed by atoms with van der Waals surface area (Å²) in [6, 6.07) is 8.05. The fourth-order valence-corrected chi connectivity index (χ4v) is 2.25. The lowest BCUT2D eigenvalue weighted by molar-refractivity contribution is -0.121. The molecule has 1 aliphatic heterocycles. The van der Waals surface area contributed by atoms with E-state index in [9.17, 15) is 4.79 Å². The van der Waals surface area contributed by atoms with Gasteiger partial charge in [0.15, 0.2) is 0 Å². The van der Waals surface area contributed by atoms with Crippen molar-refractivity contribution in [2.24, 2.45) is 0 Å². The van der Waals surface area contributed by atoms with Crippen LogP contribution in [0.25, 0.3) is 0 Å². The van der Waals surface area contributed by atoms with E-state index in [2.05, 4.69) is 10.6 Å². The van der Waals surface area contributed by atoms with Gasteiger partial charge in [-0.15, -0.1) is 0 Å². The summed E-state index contributed by atoms with van der Waals surface area (Å²) in [4.78, 5) is 11.4. The Balaban J connectivity index is 1.89. The summed E-state index contributed by atoms with van der Waals surface area (Å²) in [5.74, 6) is 0.138. The highest BCUT2D eigenvalue weighted by Crippen LogP contribution is 2.15. The molecule has 2 N–H and O–H groups in total. The fraction of sp³-hybridized carbons (Fsp3) is 0.462. The minimum Gasteiger partial charge on any atom is -0.356 e. The first-order valence-corrected chi connectivity index (χ1v) is 6.37. The first-order chi connectivity index (χ1) is 8.25. The molecule has 0 saturated carbocycles. The van der Waals surface area contributed by atoms with E-state index in [0.717, 1.165) is 36.5 Å². The highest BCUT2D eigenvalue weighted by molar-refractivity contribution is 6.31. The van der Waals surface area contributed by atoms with Crippen molar-refractivity contribution >= 4 is 17.5 Å². The number of nitrogens with one attached hydrogen (secondary N) is 2. The maximum Gasteiger partial charge on any atom is 0.221 e. The molecule has 2 rings (SSSR count). The van der Waals surface area contributed by atoms with Crippen LogP contribution < -0.4 is 10.6 Å². The van der Waals surface area contributed by atoms with Crippen LogP contribution >= 0.6 is 11.6 Å². The van der Waals surface area contributed by atoms with Gasteiger partial charge in [-0.1, -0.05) is 29.8 Å². The van der Waals surface area contributed by atoms with Crippen LogP contribution in [0.4, 0.5) is 0 Å². The van der Waals surface area contributed by atoms with Crippen molar-refractivity contribution in [2.75, 3.05) is 6.54 Å². The molecule has 92 valence electrons. The molecule has 1 aromatic carbocycles. The van der Waals surface area contributed by atoms with Gasteiger partial charge in [0.25, 0.3) is 0 Å². The molecule has 0 aromatic heterocycles. The molecule has 0 aliphatic carbocycles. The standard InChI is InChI=1S/C13H17ClN2O/c14-12-6-2-1-4-10(12)9-16-11-5-3-7-15-13(17)8-11/h1-2,4,6,11,16H,3,5,7-9H2,(H,15,17). The summed E-state index contributed by atoms with van der Waals surface area (Å²) >= 11 is 6.08. The van der Waals surface area contributed by atoms with Crippen LogP contribution in [0.5, 0.6) is 0 Å². The third-order valence-electron chi connectivity index (χ3n) is 3.02. The molecule has 1 atom stereocenters. The fourth-order valence-electron chi connectivity index (χ4n) is 2.04. The molecule has 4 heteroatoms. The van der Waals surface area contributed by atoms with E-state index >= 15 is 0 Å². The molecule has 0 radical (unpaired) electrons. The summed E-state index contributed by atoms with van der Waals surface area (Å²) < 4.78 is 0. The third kappa shape index (κ3) is 3.72. The largest absolute Gasteiger partial charge is 0.356 e. The molecular weight excluding hydrogens is 236 g/mol. The van der Waals surface area contributed by atoms with E-state index in [-0.39, 0.29) is 11.9 Å². The van der Waals surface area contributed by atoms with Gasteiger partial charge in [-0.25, -0.2) is 0 Å². The Morgan fingerprint density at radius 1 is 1.41 bits per heavy atom. The summed E-state index contributed by atoms with van der Waals surface area (Å²) in [6.07, 6.45) is 2.62. The maximum absolute atomic E-state index is 11.4. The zero-order valence-electron chi connectivity index (χ0n) is 9.71. The number of carbonyl (C=O) groups is 1. The van der Waals surface area contributed by atoms with Gasteiger partial charge in [0.05, 0.1) is 0 Å². The minimum absolute atomic E-state index is 0.138. The van der Waals surface area contributed by atoms with Crippen LogP contribution in [0.2, 0.25) is 5.02 Å². The van der Waals surface area contributed by atoms with Crippen molar-refractivity contribution in [2.45, 2.75) is 31.8 Å². The van der Waals surface area contributed by atoms with E-state index in [1.54, 1.807) is 0 Å². The Hall–Kier alpha value is -1.06. The molecule has 1 aliphatic rings. The summed E-state index contributed by atoms with van der Waals surface area (Å²) in [6.45, 7) is 1.51. The minimum atomic E-state index is 0.138. The number of rotatable bonds is 3. The Kier molecular flexibility index (Phi) is 4.40. The van der Waals surface area contributed by atoms with Gasteiger partial charge in [0, 0.05) is 30.6 Å². The highest BCUT2D eigenvalue weighted by atomic mass is 35.5. The highest BCUT2D eigenvalue weighted by Gasteiger charge is 2.16. The Labute approximate surface area is 107 Å². The maximum atomic E-state index is 11.4. The quantitative estimate of drug-likeness (QED) is 0.865. The Morgan fingerprint density at radius 3 is 3.06 bits per heavy atom. The molecule has 1 unspecified atom stereocenters. The molecule has 1 amide bonds. The lowest BCUT2D eigenvalue weighted by atomic mass is 10.1. The van der Waals surface area contributed by atoms with Gasteiger partial charge in [-0.05, 0) is 24.5 Å². The van der Waals surface area contributed by atoms with Crippen LogP contribution in [0, 0.1) is 0 Å². The van der Waals surface area contributed by atoms with Crippen LogP contribution in [0.1, 0.15) is 24.8 Å². The van der Waals surface area contributed by atoms with E-state index < -0.39 is 0 Å². The lowest BCUT2D eigenvalue weighted by Crippen LogP contribution is -2.32. The number of hydrogen-bond donors (Lipinski definition) is 2. The number of hydrogen-bond acceptors (Lipinski definition) is 2. The monoisotopic (exact) mass is 252 g/mol. The molecule has 1 saturated heterocycles. The molecule has 0 bridgehead atoms. The normalized spacial score (nSPS) is 20.8. The third-order valence-corrected chi connectivity index (χ3v) is 3.39. The Bertz CT molecular complexity index is 395. The molecule has 0 spiro atoms. The van der Waals surface area contributed by atoms with E-state index in [1.807, 2.05) is 24.3 Å². The van der Waals surface area contributed by atoms with Gasteiger partial charge in [-0.3, -0.25) is 4.79 Å². The van der Waals surface area contributed by atoms with Crippen molar-refractivity contribution in [1.82, 2.24) is 10.6 Å². The van der Waals surface area contributed by atoms with Gasteiger partial charge in [0.2, 0.25) is 5.91 Å². The predicted octanol–water partition coefficient (Wildman–Crippen LogP) is 2.10. The van der Waals surface area contributed by atoms with Gasteiger partial charge in [-0.2, -0.15) is 0 Å². The lowest BCUT2D eigenvalue weighted by Gasteiger charge is -2.15. The van der Waals surface area contributed by atoms with Crippen LogP contribution in [-0.4, -0.2) is 18.5 Å². The number of halogens is 1. The van der Waals surface area contributed by atoms with Crippen molar-refractivity contribution in [3.8, 4) is 0 Å². The summed E-state index contributed by atoms with van der Waals surface area (Å²) in [7, 11) is 0. The van der Waals surface area contributed by atoms with Crippen molar-refractivity contribution in [1.29, 1.82) is 0 Å². The molecule has 1 heterocycles. The van der Waals surface area contributed by atoms with Gasteiger partial charge < -0.3 is 10.6 Å². The molecular formula is C13H17ClN2O. The van der Waals surface area contributed by atoms with Crippen LogP contribution in [-0.2, 0) is 11.3 Å². The van der Waals surface area contributed by atoms with Crippen molar-refractivity contribution in [3.05, 3.63) is 34.9 Å². The summed E-state index contributed by atoms with van der Waals surface area (Å²) in [5, 5.41) is 7.06. The zero-order chi connectivity index (χ0) is 12.1. The van der Waals surface area contributed by atoms with Gasteiger partial charge in [0.1, 0.15) is 0 Å². The number of benzene rings is 1. The predicted molar refractivity (Wildman–Crippen MR) is 68.9 cm³/mol. The van der Waals surface area contributed by atoms with E-state index in [0.29, 0.717) is 6.42 Å². The molecule has 17 heavy (non-hydrogen) atoms. The second-order valence-corrected chi connectivity index (χ2v) is 4.77. The topological polar surface area (TPSA) is 41.1 Å². The smallest absolute Gasteiger partial charge is 0.221 e. The van der Waals surface area contributed by atoms with E-state index in [4.69, 9.17) is 11.6 Å². The Morgan fingerprint density at radius 2 is 2.24 bits per heavy atom. The second-order valence-electron chi connectivity index (χ2n) is 4.37. The van der Waals surface area contributed by atoms with Crippen LogP contribution in [0.3, 0.4) is 0 Å². The first kappa shape index (κ1) is 12.4. The average Bonchev–Trinajstić information content (AvgIpc) is 2.53. The van der Waals surface area contributed by atoms with Crippen LogP contribution in [0.15, 0.2) is 24.3 Å². The SMILES string of the molecule is O=C1CC(NCc2ccccc2Cl)CCCN1. The number of amides is 1. The van der Waals surface area contributed by atoms with Crippen molar-refractivity contribution in [3.63, 3.8) is 0 Å². The molecule has 3 nitrogen and oxygen atoms in total. The van der Waals surface area contributed by atoms with E-state index in [1.165, 1.54) is 0 Å². The average molecular weight is 253 g/mol.